The van der Waals surface area contributed by atoms with Gasteiger partial charge in [0.15, 0.2) is 0 Å². The van der Waals surface area contributed by atoms with Crippen molar-refractivity contribution in [3.63, 3.8) is 0 Å². The highest BCUT2D eigenvalue weighted by Crippen LogP contribution is 2.36. The fourth-order valence-corrected chi connectivity index (χ4v) is 3.76. The predicted molar refractivity (Wildman–Crippen MR) is 91.0 cm³/mol. The van der Waals surface area contributed by atoms with Gasteiger partial charge in [0, 0.05) is 10.1 Å². The number of rotatable bonds is 2. The van der Waals surface area contributed by atoms with Crippen LogP contribution in [0, 0.1) is 6.92 Å². The van der Waals surface area contributed by atoms with E-state index < -0.39 is 0 Å². The minimum absolute atomic E-state index is 0.244. The predicted octanol–water partition coefficient (Wildman–Crippen LogP) is 5.77. The van der Waals surface area contributed by atoms with E-state index in [-0.39, 0.29) is 5.91 Å². The van der Waals surface area contributed by atoms with E-state index in [1.807, 2.05) is 43.3 Å². The maximum absolute atomic E-state index is 12.4. The Labute approximate surface area is 136 Å². The number of aryl methyl sites for hydroxylation is 1. The largest absolute Gasteiger partial charge is 0.320 e. The quantitative estimate of drug-likeness (QED) is 0.632. The molecule has 0 saturated carbocycles. The van der Waals surface area contributed by atoms with Gasteiger partial charge in [-0.25, -0.2) is 0 Å². The van der Waals surface area contributed by atoms with E-state index in [0.717, 1.165) is 15.6 Å². The van der Waals surface area contributed by atoms with Crippen LogP contribution >= 0.6 is 34.5 Å². The first kappa shape index (κ1) is 14.4. The lowest BCUT2D eigenvalue weighted by molar-refractivity contribution is 0.103. The highest BCUT2D eigenvalue weighted by molar-refractivity contribution is 7.21. The Bertz CT molecular complexity index is 841. The second-order valence-corrected chi connectivity index (χ2v) is 6.52. The number of amides is 1. The first-order chi connectivity index (χ1) is 10.1. The van der Waals surface area contributed by atoms with Crippen LogP contribution in [0.1, 0.15) is 15.2 Å². The average Bonchev–Trinajstić information content (AvgIpc) is 2.80. The van der Waals surface area contributed by atoms with Crippen molar-refractivity contribution in [1.82, 2.24) is 0 Å². The van der Waals surface area contributed by atoms with Crippen molar-refractivity contribution in [2.45, 2.75) is 6.92 Å². The lowest BCUT2D eigenvalue weighted by Gasteiger charge is -2.07. The number of hydrogen-bond acceptors (Lipinski definition) is 2. The zero-order valence-electron chi connectivity index (χ0n) is 11.1. The van der Waals surface area contributed by atoms with Crippen molar-refractivity contribution >= 4 is 56.2 Å². The van der Waals surface area contributed by atoms with Crippen LogP contribution in [-0.4, -0.2) is 5.91 Å². The Morgan fingerprint density at radius 2 is 1.90 bits per heavy atom. The molecule has 1 N–H and O–H groups in total. The second kappa shape index (κ2) is 5.68. The second-order valence-electron chi connectivity index (χ2n) is 4.68. The number of hydrogen-bond donors (Lipinski definition) is 1. The summed E-state index contributed by atoms with van der Waals surface area (Å²) in [6.07, 6.45) is 0. The van der Waals surface area contributed by atoms with Gasteiger partial charge in [-0.3, -0.25) is 4.79 Å². The van der Waals surface area contributed by atoms with E-state index in [2.05, 4.69) is 5.32 Å². The number of carbonyl (C=O) groups is 1. The molecule has 0 spiro atoms. The molecule has 106 valence electrons. The maximum atomic E-state index is 12.4. The van der Waals surface area contributed by atoms with E-state index in [0.29, 0.717) is 20.6 Å². The minimum atomic E-state index is -0.244. The highest BCUT2D eigenvalue weighted by Gasteiger charge is 2.17. The van der Waals surface area contributed by atoms with Crippen LogP contribution in [0.15, 0.2) is 42.5 Å². The topological polar surface area (TPSA) is 29.1 Å². The van der Waals surface area contributed by atoms with Gasteiger partial charge >= 0.3 is 0 Å². The van der Waals surface area contributed by atoms with Crippen molar-refractivity contribution in [3.8, 4) is 0 Å². The molecular formula is C16H11Cl2NOS. The van der Waals surface area contributed by atoms with Crippen LogP contribution in [0.3, 0.4) is 0 Å². The first-order valence-electron chi connectivity index (χ1n) is 6.31. The number of carbonyl (C=O) groups excluding carboxylic acids is 1. The van der Waals surface area contributed by atoms with E-state index in [9.17, 15) is 4.79 Å². The lowest BCUT2D eigenvalue weighted by Crippen LogP contribution is -2.11. The lowest BCUT2D eigenvalue weighted by atomic mass is 10.2. The molecular weight excluding hydrogens is 325 g/mol. The monoisotopic (exact) mass is 335 g/mol. The SMILES string of the molecule is Cc1ccc(NC(=O)c2sc3ccccc3c2Cl)c(Cl)c1. The molecule has 0 saturated heterocycles. The van der Waals surface area contributed by atoms with Gasteiger partial charge in [0.2, 0.25) is 0 Å². The molecule has 0 radical (unpaired) electrons. The van der Waals surface area contributed by atoms with Gasteiger partial charge in [-0.15, -0.1) is 11.3 Å². The Morgan fingerprint density at radius 3 is 2.62 bits per heavy atom. The minimum Gasteiger partial charge on any atom is -0.320 e. The van der Waals surface area contributed by atoms with Gasteiger partial charge in [0.05, 0.1) is 15.7 Å². The van der Waals surface area contributed by atoms with Gasteiger partial charge < -0.3 is 5.32 Å². The van der Waals surface area contributed by atoms with Crippen molar-refractivity contribution < 1.29 is 4.79 Å². The molecule has 0 fully saturated rings. The number of anilines is 1. The van der Waals surface area contributed by atoms with E-state index >= 15 is 0 Å². The van der Waals surface area contributed by atoms with Gasteiger partial charge in [-0.1, -0.05) is 47.5 Å². The molecule has 0 atom stereocenters. The van der Waals surface area contributed by atoms with Gasteiger partial charge in [0.25, 0.3) is 5.91 Å². The van der Waals surface area contributed by atoms with Crippen molar-refractivity contribution in [3.05, 3.63) is 63.0 Å². The standard InChI is InChI=1S/C16H11Cl2NOS/c1-9-6-7-12(11(17)8-9)19-16(20)15-14(18)10-4-2-3-5-13(10)21-15/h2-8H,1H3,(H,19,20). The summed E-state index contributed by atoms with van der Waals surface area (Å²) in [7, 11) is 0. The summed E-state index contributed by atoms with van der Waals surface area (Å²) in [5.74, 6) is -0.244. The Hall–Kier alpha value is -1.55. The molecule has 2 aromatic carbocycles. The summed E-state index contributed by atoms with van der Waals surface area (Å²) < 4.78 is 0.989. The summed E-state index contributed by atoms with van der Waals surface area (Å²) in [5.41, 5.74) is 1.62. The van der Waals surface area contributed by atoms with Gasteiger partial charge in [0.1, 0.15) is 4.88 Å². The summed E-state index contributed by atoms with van der Waals surface area (Å²) in [6.45, 7) is 1.94. The molecule has 0 bridgehead atoms. The molecule has 3 rings (SSSR count). The summed E-state index contributed by atoms with van der Waals surface area (Å²) in [4.78, 5) is 12.9. The number of thiophene rings is 1. The Morgan fingerprint density at radius 1 is 1.14 bits per heavy atom. The normalized spacial score (nSPS) is 10.8. The highest BCUT2D eigenvalue weighted by atomic mass is 35.5. The third-order valence-corrected chi connectivity index (χ3v) is 5.10. The van der Waals surface area contributed by atoms with Crippen molar-refractivity contribution in [1.29, 1.82) is 0 Å². The summed E-state index contributed by atoms with van der Waals surface area (Å²) >= 11 is 13.8. The molecule has 21 heavy (non-hydrogen) atoms. The molecule has 2 nitrogen and oxygen atoms in total. The Balaban J connectivity index is 1.95. The molecule has 3 aromatic rings. The maximum Gasteiger partial charge on any atom is 0.267 e. The molecule has 1 amide bonds. The fraction of sp³-hybridized carbons (Fsp3) is 0.0625. The first-order valence-corrected chi connectivity index (χ1v) is 7.88. The molecule has 1 heterocycles. The molecule has 1 aromatic heterocycles. The van der Waals surface area contributed by atoms with Crippen LogP contribution in [0.25, 0.3) is 10.1 Å². The number of halogens is 2. The molecule has 0 aliphatic heterocycles. The van der Waals surface area contributed by atoms with E-state index in [1.54, 1.807) is 6.07 Å². The summed E-state index contributed by atoms with van der Waals surface area (Å²) in [6, 6.07) is 13.2. The van der Waals surface area contributed by atoms with E-state index in [4.69, 9.17) is 23.2 Å². The Kier molecular flexibility index (Phi) is 3.89. The molecule has 0 aliphatic rings. The van der Waals surface area contributed by atoms with Crippen LogP contribution in [0.4, 0.5) is 5.69 Å². The van der Waals surface area contributed by atoms with Crippen LogP contribution in [-0.2, 0) is 0 Å². The smallest absolute Gasteiger partial charge is 0.267 e. The zero-order valence-corrected chi connectivity index (χ0v) is 13.4. The average molecular weight is 336 g/mol. The van der Waals surface area contributed by atoms with Crippen LogP contribution in [0.2, 0.25) is 10.0 Å². The third-order valence-electron chi connectivity index (χ3n) is 3.11. The van der Waals surface area contributed by atoms with Gasteiger partial charge in [-0.05, 0) is 30.7 Å². The molecule has 5 heteroatoms. The summed E-state index contributed by atoms with van der Waals surface area (Å²) in [5, 5.41) is 4.70. The van der Waals surface area contributed by atoms with Gasteiger partial charge in [-0.2, -0.15) is 0 Å². The third kappa shape index (κ3) is 2.77. The number of benzene rings is 2. The number of fused-ring (bicyclic) bond motifs is 1. The van der Waals surface area contributed by atoms with Crippen molar-refractivity contribution in [2.75, 3.05) is 5.32 Å². The zero-order chi connectivity index (χ0) is 15.0. The van der Waals surface area contributed by atoms with Crippen molar-refractivity contribution in [2.24, 2.45) is 0 Å². The fourth-order valence-electron chi connectivity index (χ4n) is 2.06. The van der Waals surface area contributed by atoms with Crippen LogP contribution < -0.4 is 5.32 Å². The molecule has 0 aliphatic carbocycles. The van der Waals surface area contributed by atoms with Crippen LogP contribution in [0.5, 0.6) is 0 Å². The van der Waals surface area contributed by atoms with E-state index in [1.165, 1.54) is 11.3 Å². The molecule has 0 unspecified atom stereocenters. The number of nitrogens with one attached hydrogen (secondary N) is 1.